The molecule has 0 aliphatic heterocycles. The summed E-state index contributed by atoms with van der Waals surface area (Å²) in [6.45, 7) is 1.84. The summed E-state index contributed by atoms with van der Waals surface area (Å²) in [5.74, 6) is -1.05. The van der Waals surface area contributed by atoms with E-state index in [4.69, 9.17) is 20.9 Å². The Morgan fingerprint density at radius 1 is 1.18 bits per heavy atom. The third-order valence-electron chi connectivity index (χ3n) is 2.86. The van der Waals surface area contributed by atoms with Crippen LogP contribution in [0.5, 0.6) is 5.75 Å². The molecule has 0 saturated carbocycles. The van der Waals surface area contributed by atoms with Crippen molar-refractivity contribution >= 4 is 27.7 Å². The van der Waals surface area contributed by atoms with Crippen LogP contribution in [-0.4, -0.2) is 19.5 Å². The molecule has 0 saturated heterocycles. The van der Waals surface area contributed by atoms with Crippen molar-refractivity contribution in [2.24, 2.45) is 0 Å². The molecular weight excluding hydrogens is 328 g/mol. The molecule has 116 valence electrons. The molecule has 22 heavy (non-hydrogen) atoms. The van der Waals surface area contributed by atoms with E-state index in [-0.39, 0.29) is 22.1 Å². The Balaban J connectivity index is 2.26. The fourth-order valence-corrected chi connectivity index (χ4v) is 3.00. The smallest absolute Gasteiger partial charge is 0.339 e. The fraction of sp³-hybridized carbons (Fsp3) is 0.133. The van der Waals surface area contributed by atoms with Gasteiger partial charge in [-0.15, -0.1) is 0 Å². The Bertz CT molecular complexity index is 797. The standard InChI is InChI=1S/C15H13ClO5S/c1-10-2-5-12(6-3-10)22(19,20)21-14-7-4-11(8-13(14)16)9-15(17)18/h2-8H,9H2,1H3,(H,17,18). The van der Waals surface area contributed by atoms with Crippen LogP contribution in [0, 0.1) is 6.92 Å². The van der Waals surface area contributed by atoms with Gasteiger partial charge in [-0.3, -0.25) is 4.79 Å². The lowest BCUT2D eigenvalue weighted by molar-refractivity contribution is -0.136. The highest BCUT2D eigenvalue weighted by molar-refractivity contribution is 7.87. The van der Waals surface area contributed by atoms with E-state index in [2.05, 4.69) is 0 Å². The van der Waals surface area contributed by atoms with Crippen LogP contribution < -0.4 is 4.18 Å². The zero-order valence-corrected chi connectivity index (χ0v) is 13.2. The molecule has 0 heterocycles. The lowest BCUT2D eigenvalue weighted by atomic mass is 10.1. The SMILES string of the molecule is Cc1ccc(S(=O)(=O)Oc2ccc(CC(=O)O)cc2Cl)cc1. The molecule has 2 rings (SSSR count). The molecule has 2 aromatic carbocycles. The van der Waals surface area contributed by atoms with E-state index in [1.807, 2.05) is 6.92 Å². The quantitative estimate of drug-likeness (QED) is 0.846. The highest BCUT2D eigenvalue weighted by atomic mass is 35.5. The largest absolute Gasteiger partial charge is 0.481 e. The molecule has 0 fully saturated rings. The minimum absolute atomic E-state index is 0.0174. The molecular formula is C15H13ClO5S. The number of aryl methyl sites for hydroxylation is 1. The number of hydrogen-bond donors (Lipinski definition) is 1. The maximum Gasteiger partial charge on any atom is 0.339 e. The third-order valence-corrected chi connectivity index (χ3v) is 4.40. The predicted molar refractivity (Wildman–Crippen MR) is 81.8 cm³/mol. The van der Waals surface area contributed by atoms with Crippen molar-refractivity contribution < 1.29 is 22.5 Å². The maximum atomic E-state index is 12.2. The van der Waals surface area contributed by atoms with Crippen LogP contribution in [0.25, 0.3) is 0 Å². The second kappa shape index (κ2) is 6.37. The first kappa shape index (κ1) is 16.3. The van der Waals surface area contributed by atoms with Gasteiger partial charge in [-0.05, 0) is 36.8 Å². The van der Waals surface area contributed by atoms with E-state index in [0.29, 0.717) is 5.56 Å². The van der Waals surface area contributed by atoms with Crippen LogP contribution >= 0.6 is 11.6 Å². The first-order valence-corrected chi connectivity index (χ1v) is 8.08. The monoisotopic (exact) mass is 340 g/mol. The molecule has 0 atom stereocenters. The van der Waals surface area contributed by atoms with Crippen molar-refractivity contribution in [1.29, 1.82) is 0 Å². The van der Waals surface area contributed by atoms with Crippen molar-refractivity contribution in [3.05, 3.63) is 58.6 Å². The Morgan fingerprint density at radius 3 is 2.36 bits per heavy atom. The molecule has 0 spiro atoms. The second-order valence-electron chi connectivity index (χ2n) is 4.69. The van der Waals surface area contributed by atoms with Crippen molar-refractivity contribution in [1.82, 2.24) is 0 Å². The van der Waals surface area contributed by atoms with E-state index in [1.165, 1.54) is 30.3 Å². The van der Waals surface area contributed by atoms with Gasteiger partial charge >= 0.3 is 16.1 Å². The number of aliphatic carboxylic acids is 1. The minimum Gasteiger partial charge on any atom is -0.481 e. The van der Waals surface area contributed by atoms with Gasteiger partial charge < -0.3 is 9.29 Å². The molecule has 0 aliphatic carbocycles. The van der Waals surface area contributed by atoms with Gasteiger partial charge in [-0.25, -0.2) is 0 Å². The van der Waals surface area contributed by atoms with Crippen molar-refractivity contribution in [3.63, 3.8) is 0 Å². The average Bonchev–Trinajstić information content (AvgIpc) is 2.41. The maximum absolute atomic E-state index is 12.2. The Morgan fingerprint density at radius 2 is 1.82 bits per heavy atom. The first-order chi connectivity index (χ1) is 10.3. The van der Waals surface area contributed by atoms with Gasteiger partial charge in [0.05, 0.1) is 11.4 Å². The Hall–Kier alpha value is -2.05. The van der Waals surface area contributed by atoms with Crippen LogP contribution in [0.4, 0.5) is 0 Å². The van der Waals surface area contributed by atoms with E-state index in [9.17, 15) is 13.2 Å². The van der Waals surface area contributed by atoms with Crippen molar-refractivity contribution in [3.8, 4) is 5.75 Å². The predicted octanol–water partition coefficient (Wildman–Crippen LogP) is 3.04. The lowest BCUT2D eigenvalue weighted by Crippen LogP contribution is -2.10. The van der Waals surface area contributed by atoms with Crippen LogP contribution in [-0.2, 0) is 21.3 Å². The number of carboxylic acid groups (broad SMARTS) is 1. The molecule has 2 aromatic rings. The second-order valence-corrected chi connectivity index (χ2v) is 6.64. The first-order valence-electron chi connectivity index (χ1n) is 6.29. The number of carbonyl (C=O) groups is 1. The zero-order valence-electron chi connectivity index (χ0n) is 11.6. The van der Waals surface area contributed by atoms with Gasteiger partial charge in [0.15, 0.2) is 5.75 Å². The van der Waals surface area contributed by atoms with Crippen LogP contribution in [0.3, 0.4) is 0 Å². The molecule has 1 N–H and O–H groups in total. The number of halogens is 1. The van der Waals surface area contributed by atoms with Crippen LogP contribution in [0.2, 0.25) is 5.02 Å². The van der Waals surface area contributed by atoms with Gasteiger partial charge in [0, 0.05) is 0 Å². The van der Waals surface area contributed by atoms with Gasteiger partial charge in [0.2, 0.25) is 0 Å². The lowest BCUT2D eigenvalue weighted by Gasteiger charge is -2.09. The van der Waals surface area contributed by atoms with Gasteiger partial charge in [-0.2, -0.15) is 8.42 Å². The van der Waals surface area contributed by atoms with Crippen LogP contribution in [0.1, 0.15) is 11.1 Å². The van der Waals surface area contributed by atoms with E-state index < -0.39 is 16.1 Å². The highest BCUT2D eigenvalue weighted by Gasteiger charge is 2.18. The van der Waals surface area contributed by atoms with E-state index in [1.54, 1.807) is 12.1 Å². The molecule has 5 nitrogen and oxygen atoms in total. The summed E-state index contributed by atoms with van der Waals surface area (Å²) in [4.78, 5) is 10.7. The summed E-state index contributed by atoms with van der Waals surface area (Å²) in [6.07, 6.45) is -0.204. The topological polar surface area (TPSA) is 80.7 Å². The molecule has 0 aromatic heterocycles. The fourth-order valence-electron chi connectivity index (χ4n) is 1.77. The van der Waals surface area contributed by atoms with E-state index >= 15 is 0 Å². The molecule has 0 unspecified atom stereocenters. The third kappa shape index (κ3) is 3.99. The minimum atomic E-state index is -3.99. The number of hydrogen-bond acceptors (Lipinski definition) is 4. The van der Waals surface area contributed by atoms with E-state index in [0.717, 1.165) is 5.56 Å². The summed E-state index contributed by atoms with van der Waals surface area (Å²) >= 11 is 5.95. The Labute approximate surface area is 133 Å². The summed E-state index contributed by atoms with van der Waals surface area (Å²) in [7, 11) is -3.99. The number of benzene rings is 2. The average molecular weight is 341 g/mol. The molecule has 0 aliphatic rings. The van der Waals surface area contributed by atoms with Gasteiger partial charge in [0.1, 0.15) is 4.90 Å². The zero-order chi connectivity index (χ0) is 16.3. The number of carboxylic acids is 1. The summed E-state index contributed by atoms with van der Waals surface area (Å²) in [5.41, 5.74) is 1.38. The van der Waals surface area contributed by atoms with Crippen molar-refractivity contribution in [2.45, 2.75) is 18.2 Å². The highest BCUT2D eigenvalue weighted by Crippen LogP contribution is 2.28. The molecule has 7 heteroatoms. The van der Waals surface area contributed by atoms with Gasteiger partial charge in [-0.1, -0.05) is 35.4 Å². The summed E-state index contributed by atoms with van der Waals surface area (Å²) in [5, 5.41) is 8.75. The molecule has 0 radical (unpaired) electrons. The van der Waals surface area contributed by atoms with Gasteiger partial charge in [0.25, 0.3) is 0 Å². The van der Waals surface area contributed by atoms with Crippen molar-refractivity contribution in [2.75, 3.05) is 0 Å². The summed E-state index contributed by atoms with van der Waals surface area (Å²) in [6, 6.07) is 10.4. The summed E-state index contributed by atoms with van der Waals surface area (Å²) < 4.78 is 29.3. The normalized spacial score (nSPS) is 11.2. The van der Waals surface area contributed by atoms with Crippen LogP contribution in [0.15, 0.2) is 47.4 Å². The molecule has 0 bridgehead atoms. The molecule has 0 amide bonds. The Kier molecular flexibility index (Phi) is 4.73. The number of rotatable bonds is 5.